The van der Waals surface area contributed by atoms with E-state index in [1.807, 2.05) is 0 Å². The third kappa shape index (κ3) is 3.04. The van der Waals surface area contributed by atoms with Crippen LogP contribution in [0, 0.1) is 0 Å². The molecule has 1 aliphatic rings. The molecule has 114 valence electrons. The molecule has 3 rings (SSSR count). The Balaban J connectivity index is 1.94. The highest BCUT2D eigenvalue weighted by Gasteiger charge is 2.23. The Kier molecular flexibility index (Phi) is 4.24. The monoisotopic (exact) mass is 317 g/mol. The minimum absolute atomic E-state index is 0.306. The Bertz CT molecular complexity index is 705. The lowest BCUT2D eigenvalue weighted by Gasteiger charge is -2.07. The number of hydrogen-bond donors (Lipinski definition) is 1. The van der Waals surface area contributed by atoms with Crippen LogP contribution in [0.3, 0.4) is 0 Å². The van der Waals surface area contributed by atoms with Crippen LogP contribution < -0.4 is 5.32 Å². The molecule has 1 aromatic carbocycles. The number of anilines is 1. The van der Waals surface area contributed by atoms with Gasteiger partial charge in [0.2, 0.25) is 5.91 Å². The van der Waals surface area contributed by atoms with Gasteiger partial charge >= 0.3 is 0 Å². The SMILES string of the molecule is C=CC(=O)Nc1ccc(Cl)cc1-c1nc(C2CCCC2)no1. The largest absolute Gasteiger partial charge is 0.334 e. The lowest BCUT2D eigenvalue weighted by Crippen LogP contribution is -2.08. The van der Waals surface area contributed by atoms with Crippen molar-refractivity contribution in [3.05, 3.63) is 41.7 Å². The van der Waals surface area contributed by atoms with Crippen molar-refractivity contribution in [1.29, 1.82) is 0 Å². The molecule has 0 spiro atoms. The predicted octanol–water partition coefficient (Wildman–Crippen LogP) is 4.17. The van der Waals surface area contributed by atoms with Crippen LogP contribution in [-0.2, 0) is 4.79 Å². The molecular weight excluding hydrogens is 302 g/mol. The van der Waals surface area contributed by atoms with Gasteiger partial charge in [-0.2, -0.15) is 4.98 Å². The molecule has 22 heavy (non-hydrogen) atoms. The number of hydrogen-bond acceptors (Lipinski definition) is 4. The van der Waals surface area contributed by atoms with Gasteiger partial charge in [0.15, 0.2) is 5.82 Å². The van der Waals surface area contributed by atoms with E-state index in [-0.39, 0.29) is 5.91 Å². The summed E-state index contributed by atoms with van der Waals surface area (Å²) in [6.45, 7) is 3.44. The van der Waals surface area contributed by atoms with Crippen LogP contribution in [0.5, 0.6) is 0 Å². The average Bonchev–Trinajstić information content (AvgIpc) is 3.19. The molecule has 0 aliphatic heterocycles. The lowest BCUT2D eigenvalue weighted by atomic mass is 10.1. The van der Waals surface area contributed by atoms with E-state index in [2.05, 4.69) is 22.0 Å². The quantitative estimate of drug-likeness (QED) is 0.859. The molecule has 0 atom stereocenters. The van der Waals surface area contributed by atoms with Crippen LogP contribution in [-0.4, -0.2) is 16.0 Å². The summed E-state index contributed by atoms with van der Waals surface area (Å²) in [7, 11) is 0. The molecular formula is C16H16ClN3O2. The van der Waals surface area contributed by atoms with Crippen molar-refractivity contribution in [1.82, 2.24) is 10.1 Å². The van der Waals surface area contributed by atoms with E-state index in [4.69, 9.17) is 16.1 Å². The van der Waals surface area contributed by atoms with Crippen molar-refractivity contribution in [3.8, 4) is 11.5 Å². The maximum Gasteiger partial charge on any atom is 0.260 e. The molecule has 0 saturated heterocycles. The second-order valence-corrected chi connectivity index (χ2v) is 5.76. The van der Waals surface area contributed by atoms with E-state index in [0.29, 0.717) is 28.1 Å². The predicted molar refractivity (Wildman–Crippen MR) is 84.8 cm³/mol. The Morgan fingerprint density at radius 3 is 2.91 bits per heavy atom. The molecule has 1 N–H and O–H groups in total. The minimum Gasteiger partial charge on any atom is -0.334 e. The van der Waals surface area contributed by atoms with Crippen LogP contribution in [0.25, 0.3) is 11.5 Å². The zero-order valence-electron chi connectivity index (χ0n) is 12.0. The summed E-state index contributed by atoms with van der Waals surface area (Å²) in [5, 5.41) is 7.34. The molecule has 1 heterocycles. The van der Waals surface area contributed by atoms with Crippen molar-refractivity contribution >= 4 is 23.2 Å². The van der Waals surface area contributed by atoms with E-state index in [1.165, 1.54) is 18.9 Å². The fraction of sp³-hybridized carbons (Fsp3) is 0.312. The third-order valence-electron chi connectivity index (χ3n) is 3.82. The van der Waals surface area contributed by atoms with Gasteiger partial charge in [-0.15, -0.1) is 0 Å². The fourth-order valence-electron chi connectivity index (χ4n) is 2.68. The van der Waals surface area contributed by atoms with Crippen LogP contribution in [0.2, 0.25) is 5.02 Å². The number of halogens is 1. The summed E-state index contributed by atoms with van der Waals surface area (Å²) >= 11 is 6.05. The Hall–Kier alpha value is -2.14. The Morgan fingerprint density at radius 2 is 2.18 bits per heavy atom. The number of amides is 1. The van der Waals surface area contributed by atoms with E-state index >= 15 is 0 Å². The Morgan fingerprint density at radius 1 is 1.41 bits per heavy atom. The van der Waals surface area contributed by atoms with E-state index in [9.17, 15) is 4.79 Å². The zero-order valence-corrected chi connectivity index (χ0v) is 12.8. The first kappa shape index (κ1) is 14.8. The number of nitrogens with one attached hydrogen (secondary N) is 1. The molecule has 0 bridgehead atoms. The summed E-state index contributed by atoms with van der Waals surface area (Å²) < 4.78 is 5.38. The number of benzene rings is 1. The van der Waals surface area contributed by atoms with Crippen LogP contribution in [0.1, 0.15) is 37.4 Å². The van der Waals surface area contributed by atoms with Gasteiger partial charge in [0.05, 0.1) is 11.3 Å². The first-order valence-electron chi connectivity index (χ1n) is 7.24. The molecule has 6 heteroatoms. The molecule has 1 aliphatic carbocycles. The summed E-state index contributed by atoms with van der Waals surface area (Å²) in [6.07, 6.45) is 5.79. The van der Waals surface area contributed by atoms with Gasteiger partial charge < -0.3 is 9.84 Å². The smallest absolute Gasteiger partial charge is 0.260 e. The van der Waals surface area contributed by atoms with Crippen LogP contribution in [0.4, 0.5) is 5.69 Å². The second-order valence-electron chi connectivity index (χ2n) is 5.32. The standard InChI is InChI=1S/C16H16ClN3O2/c1-2-14(21)18-13-8-7-11(17)9-12(13)16-19-15(20-22-16)10-5-3-4-6-10/h2,7-10H,1,3-6H2,(H,18,21). The van der Waals surface area contributed by atoms with Crippen molar-refractivity contribution < 1.29 is 9.32 Å². The molecule has 0 unspecified atom stereocenters. The van der Waals surface area contributed by atoms with Crippen molar-refractivity contribution in [3.63, 3.8) is 0 Å². The van der Waals surface area contributed by atoms with Gasteiger partial charge in [-0.1, -0.05) is 36.2 Å². The highest BCUT2D eigenvalue weighted by molar-refractivity contribution is 6.31. The molecule has 1 amide bonds. The van der Waals surface area contributed by atoms with Gasteiger partial charge in [-0.05, 0) is 37.1 Å². The molecule has 5 nitrogen and oxygen atoms in total. The first-order valence-corrected chi connectivity index (χ1v) is 7.62. The number of carbonyl (C=O) groups excluding carboxylic acids is 1. The molecule has 1 fully saturated rings. The zero-order chi connectivity index (χ0) is 15.5. The first-order chi connectivity index (χ1) is 10.7. The Labute approximate surface area is 133 Å². The minimum atomic E-state index is -0.306. The average molecular weight is 318 g/mol. The van der Waals surface area contributed by atoms with Gasteiger partial charge in [0.25, 0.3) is 5.89 Å². The van der Waals surface area contributed by atoms with Crippen molar-refractivity contribution in [2.75, 3.05) is 5.32 Å². The number of carbonyl (C=O) groups is 1. The van der Waals surface area contributed by atoms with Crippen molar-refractivity contribution in [2.24, 2.45) is 0 Å². The maximum absolute atomic E-state index is 11.5. The second kappa shape index (κ2) is 6.32. The summed E-state index contributed by atoms with van der Waals surface area (Å²) in [4.78, 5) is 16.0. The number of rotatable bonds is 4. The van der Waals surface area contributed by atoms with Crippen LogP contribution >= 0.6 is 11.6 Å². The molecule has 1 saturated carbocycles. The molecule has 1 aromatic heterocycles. The van der Waals surface area contributed by atoms with Gasteiger partial charge in [0, 0.05) is 10.9 Å². The lowest BCUT2D eigenvalue weighted by molar-refractivity contribution is -0.111. The van der Waals surface area contributed by atoms with Crippen molar-refractivity contribution in [2.45, 2.75) is 31.6 Å². The number of aromatic nitrogens is 2. The third-order valence-corrected chi connectivity index (χ3v) is 4.05. The van der Waals surface area contributed by atoms with Crippen LogP contribution in [0.15, 0.2) is 35.4 Å². The highest BCUT2D eigenvalue weighted by Crippen LogP contribution is 2.35. The normalized spacial score (nSPS) is 15.0. The summed E-state index contributed by atoms with van der Waals surface area (Å²) in [5.74, 6) is 1.15. The summed E-state index contributed by atoms with van der Waals surface area (Å²) in [5.41, 5.74) is 1.18. The fourth-order valence-corrected chi connectivity index (χ4v) is 2.85. The van der Waals surface area contributed by atoms with Gasteiger partial charge in [-0.25, -0.2) is 0 Å². The number of nitrogens with zero attached hydrogens (tertiary/aromatic N) is 2. The van der Waals surface area contributed by atoms with E-state index < -0.39 is 0 Å². The van der Waals surface area contributed by atoms with E-state index in [0.717, 1.165) is 18.7 Å². The summed E-state index contributed by atoms with van der Waals surface area (Å²) in [6, 6.07) is 5.10. The topological polar surface area (TPSA) is 68.0 Å². The molecule has 0 radical (unpaired) electrons. The van der Waals surface area contributed by atoms with Gasteiger partial charge in [-0.3, -0.25) is 4.79 Å². The van der Waals surface area contributed by atoms with Gasteiger partial charge in [0.1, 0.15) is 0 Å². The maximum atomic E-state index is 11.5. The highest BCUT2D eigenvalue weighted by atomic mass is 35.5. The van der Waals surface area contributed by atoms with E-state index in [1.54, 1.807) is 18.2 Å². The molecule has 2 aromatic rings.